The molecule has 0 aromatic carbocycles. The number of carbonyl (C=O) groups excluding carboxylic acids is 1. The minimum Gasteiger partial charge on any atom is -0.394 e. The lowest BCUT2D eigenvalue weighted by Crippen LogP contribution is -2.68. The van der Waals surface area contributed by atoms with E-state index in [1.54, 1.807) is 0 Å². The van der Waals surface area contributed by atoms with E-state index in [9.17, 15) is 20.1 Å². The molecule has 3 aliphatic rings. The van der Waals surface area contributed by atoms with Gasteiger partial charge in [0.05, 0.1) is 36.9 Å². The Labute approximate surface area is 216 Å². The van der Waals surface area contributed by atoms with Gasteiger partial charge in [0.15, 0.2) is 12.6 Å². The fourth-order valence-corrected chi connectivity index (χ4v) is 5.03. The molecule has 1 aliphatic carbocycles. The van der Waals surface area contributed by atoms with Crippen molar-refractivity contribution in [1.82, 2.24) is 5.32 Å². The molecule has 0 radical (unpaired) electrons. The number of aliphatic hydroxyl groups is 3. The van der Waals surface area contributed by atoms with Crippen LogP contribution in [0.15, 0.2) is 0 Å². The van der Waals surface area contributed by atoms with Crippen LogP contribution in [0.25, 0.3) is 0 Å². The Balaban J connectivity index is 1.80. The number of hydrogen-bond acceptors (Lipinski definition) is 14. The van der Waals surface area contributed by atoms with Crippen LogP contribution in [0.1, 0.15) is 32.1 Å². The Bertz CT molecular complexity index is 727. The molecule has 0 aromatic heterocycles. The lowest BCUT2D eigenvalue weighted by atomic mass is 9.83. The molecule has 216 valence electrons. The molecule has 2 saturated heterocycles. The number of nitrogens with two attached hydrogens (primary N) is 6. The normalized spacial score (nSPS) is 43.8. The van der Waals surface area contributed by atoms with Crippen LogP contribution in [0.2, 0.25) is 0 Å². The molecule has 1 amide bonds. The average molecular weight is 536 g/mol. The number of aliphatic hydroxyl groups excluding tert-OH is 3. The van der Waals surface area contributed by atoms with Crippen LogP contribution in [-0.2, 0) is 23.7 Å². The van der Waals surface area contributed by atoms with E-state index in [4.69, 9.17) is 53.3 Å². The molecule has 13 atom stereocenters. The van der Waals surface area contributed by atoms with Gasteiger partial charge in [0.25, 0.3) is 0 Å². The summed E-state index contributed by atoms with van der Waals surface area (Å²) >= 11 is 0. The molecule has 2 heterocycles. The summed E-state index contributed by atoms with van der Waals surface area (Å²) in [5, 5.41) is 33.8. The van der Waals surface area contributed by atoms with E-state index in [1.807, 2.05) is 0 Å². The van der Waals surface area contributed by atoms with Gasteiger partial charge in [-0.25, -0.2) is 0 Å². The average Bonchev–Trinajstić information content (AvgIpc) is 2.87. The predicted molar refractivity (Wildman–Crippen MR) is 131 cm³/mol. The predicted octanol–water partition coefficient (Wildman–Crippen LogP) is -5.40. The topological polar surface area (TPSA) is 283 Å². The highest BCUT2D eigenvalue weighted by Crippen LogP contribution is 2.31. The van der Waals surface area contributed by atoms with Gasteiger partial charge in [0.2, 0.25) is 5.91 Å². The number of carbonyl (C=O) groups is 1. The van der Waals surface area contributed by atoms with E-state index in [0.717, 1.165) is 0 Å². The first-order valence-electron chi connectivity index (χ1n) is 12.9. The van der Waals surface area contributed by atoms with Gasteiger partial charge in [-0.05, 0) is 38.6 Å². The highest BCUT2D eigenvalue weighted by atomic mass is 16.7. The van der Waals surface area contributed by atoms with Gasteiger partial charge in [0, 0.05) is 18.6 Å². The maximum atomic E-state index is 12.6. The van der Waals surface area contributed by atoms with E-state index in [-0.39, 0.29) is 32.1 Å². The summed E-state index contributed by atoms with van der Waals surface area (Å²) in [4.78, 5) is 12.6. The quantitative estimate of drug-likeness (QED) is 0.125. The van der Waals surface area contributed by atoms with Crippen LogP contribution in [0.5, 0.6) is 0 Å². The molecular weight excluding hydrogens is 490 g/mol. The second-order valence-corrected chi connectivity index (χ2v) is 10.2. The van der Waals surface area contributed by atoms with Gasteiger partial charge in [0.1, 0.15) is 24.4 Å². The lowest BCUT2D eigenvalue weighted by molar-refractivity contribution is -0.285. The second-order valence-electron chi connectivity index (χ2n) is 10.2. The highest BCUT2D eigenvalue weighted by molar-refractivity contribution is 5.80. The van der Waals surface area contributed by atoms with Crippen LogP contribution in [-0.4, -0.2) is 120 Å². The molecule has 0 unspecified atom stereocenters. The summed E-state index contributed by atoms with van der Waals surface area (Å²) in [6.45, 7) is 0.0999. The monoisotopic (exact) mass is 535 g/mol. The highest BCUT2D eigenvalue weighted by Gasteiger charge is 2.49. The van der Waals surface area contributed by atoms with Crippen molar-refractivity contribution in [2.75, 3.05) is 19.7 Å². The van der Waals surface area contributed by atoms with Crippen LogP contribution in [0.4, 0.5) is 0 Å². The summed E-state index contributed by atoms with van der Waals surface area (Å²) in [6, 6.07) is -3.36. The minimum absolute atomic E-state index is 0.0489. The van der Waals surface area contributed by atoms with Crippen molar-refractivity contribution in [3.63, 3.8) is 0 Å². The third-order valence-electron chi connectivity index (χ3n) is 7.31. The molecule has 3 fully saturated rings. The molecule has 1 saturated carbocycles. The zero-order valence-corrected chi connectivity index (χ0v) is 21.0. The number of amides is 1. The van der Waals surface area contributed by atoms with Crippen LogP contribution >= 0.6 is 0 Å². The molecule has 15 nitrogen and oxygen atoms in total. The second kappa shape index (κ2) is 13.8. The molecule has 0 aromatic rings. The molecule has 15 heteroatoms. The number of rotatable bonds is 10. The molecule has 0 bridgehead atoms. The van der Waals surface area contributed by atoms with E-state index in [2.05, 4.69) is 5.32 Å². The Morgan fingerprint density at radius 2 is 1.62 bits per heavy atom. The lowest BCUT2D eigenvalue weighted by Gasteiger charge is -2.48. The molecule has 3 rings (SSSR count). The van der Waals surface area contributed by atoms with E-state index < -0.39 is 79.2 Å². The first-order valence-corrected chi connectivity index (χ1v) is 12.9. The van der Waals surface area contributed by atoms with Crippen molar-refractivity contribution in [1.29, 1.82) is 0 Å². The number of hydrogen-bond donors (Lipinski definition) is 10. The van der Waals surface area contributed by atoms with Crippen molar-refractivity contribution < 1.29 is 39.1 Å². The van der Waals surface area contributed by atoms with Crippen molar-refractivity contribution in [2.45, 2.75) is 112 Å². The standard InChI is InChI=1S/C22H45N7O8/c23-4-3-15(31)20(33)29-14-6-13(27)18(36-21-11(25)2-1-9(7-24)34-21)17(32)19(14)37-22-16(28)12(26)5-10(8-30)35-22/h9-19,21-22,30-32H,1-8,23-28H2,(H,29,33)/t9-,10-,11+,12-,13-,14+,15-,16+,17-,18+,19-,21+,22+/m0/s1. The van der Waals surface area contributed by atoms with E-state index in [0.29, 0.717) is 25.8 Å². The van der Waals surface area contributed by atoms with Crippen LogP contribution < -0.4 is 39.7 Å². The van der Waals surface area contributed by atoms with Crippen LogP contribution in [0, 0.1) is 0 Å². The van der Waals surface area contributed by atoms with Crippen molar-refractivity contribution >= 4 is 5.91 Å². The number of ether oxygens (including phenoxy) is 4. The summed E-state index contributed by atoms with van der Waals surface area (Å²) in [5.74, 6) is -0.690. The Kier molecular flexibility index (Phi) is 11.4. The fourth-order valence-electron chi connectivity index (χ4n) is 5.03. The summed E-state index contributed by atoms with van der Waals surface area (Å²) in [7, 11) is 0. The van der Waals surface area contributed by atoms with Gasteiger partial charge >= 0.3 is 0 Å². The van der Waals surface area contributed by atoms with E-state index >= 15 is 0 Å². The maximum absolute atomic E-state index is 12.6. The van der Waals surface area contributed by atoms with Crippen molar-refractivity contribution in [2.24, 2.45) is 34.4 Å². The Hall–Kier alpha value is -1.05. The first kappa shape index (κ1) is 30.5. The molecular formula is C22H45N7O8. The van der Waals surface area contributed by atoms with Crippen molar-refractivity contribution in [3.8, 4) is 0 Å². The summed E-state index contributed by atoms with van der Waals surface area (Å²) < 4.78 is 23.8. The zero-order valence-electron chi connectivity index (χ0n) is 21.0. The SMILES string of the molecule is NCC[C@H](O)C(=O)N[C@@H]1C[C@H](N)[C@@H](O[C@H]2O[C@H](CN)CC[C@H]2N)[C@H](O)[C@H]1O[C@H]1O[C@H](CO)C[C@H](N)[C@H]1N. The zero-order chi connectivity index (χ0) is 27.3. The van der Waals surface area contributed by atoms with Crippen molar-refractivity contribution in [3.05, 3.63) is 0 Å². The maximum Gasteiger partial charge on any atom is 0.249 e. The number of nitrogens with one attached hydrogen (secondary N) is 1. The molecule has 0 spiro atoms. The van der Waals surface area contributed by atoms with Gasteiger partial charge in [-0.15, -0.1) is 0 Å². The fraction of sp³-hybridized carbons (Fsp3) is 0.955. The van der Waals surface area contributed by atoms with Gasteiger partial charge in [-0.2, -0.15) is 0 Å². The molecule has 16 N–H and O–H groups in total. The van der Waals surface area contributed by atoms with Gasteiger partial charge in [-0.3, -0.25) is 4.79 Å². The third kappa shape index (κ3) is 7.54. The summed E-state index contributed by atoms with van der Waals surface area (Å²) in [5.41, 5.74) is 36.1. The smallest absolute Gasteiger partial charge is 0.249 e. The van der Waals surface area contributed by atoms with E-state index in [1.165, 1.54) is 0 Å². The van der Waals surface area contributed by atoms with Gasteiger partial charge in [-0.1, -0.05) is 0 Å². The Morgan fingerprint density at radius 1 is 0.946 bits per heavy atom. The molecule has 2 aliphatic heterocycles. The third-order valence-corrected chi connectivity index (χ3v) is 7.31. The first-order chi connectivity index (χ1) is 17.6. The largest absolute Gasteiger partial charge is 0.394 e. The van der Waals surface area contributed by atoms with Crippen LogP contribution in [0.3, 0.4) is 0 Å². The summed E-state index contributed by atoms with van der Waals surface area (Å²) in [6.07, 6.45) is -5.85. The Morgan fingerprint density at radius 3 is 2.27 bits per heavy atom. The minimum atomic E-state index is -1.38. The molecule has 37 heavy (non-hydrogen) atoms. The van der Waals surface area contributed by atoms with Gasteiger partial charge < -0.3 is 74.0 Å².